The quantitative estimate of drug-likeness (QED) is 0.510. The van der Waals surface area contributed by atoms with Crippen LogP contribution in [0.5, 0.6) is 0 Å². The van der Waals surface area contributed by atoms with Crippen molar-refractivity contribution >= 4 is 43.7 Å². The molecule has 0 unspecified atom stereocenters. The Labute approximate surface area is 190 Å². The van der Waals surface area contributed by atoms with E-state index in [0.29, 0.717) is 28.8 Å². The van der Waals surface area contributed by atoms with Crippen LogP contribution in [0.4, 0.5) is 0 Å². The molecule has 4 rings (SSSR count). The summed E-state index contributed by atoms with van der Waals surface area (Å²) in [6.45, 7) is 5.10. The summed E-state index contributed by atoms with van der Waals surface area (Å²) >= 11 is 6.57. The minimum Gasteiger partial charge on any atom is -0.443 e. The third-order valence-corrected chi connectivity index (χ3v) is 6.69. The summed E-state index contributed by atoms with van der Waals surface area (Å²) in [7, 11) is 0. The Morgan fingerprint density at radius 1 is 1.17 bits per heavy atom. The lowest BCUT2D eigenvalue weighted by Gasteiger charge is -2.39. The van der Waals surface area contributed by atoms with E-state index in [2.05, 4.69) is 41.9 Å². The first-order valence-corrected chi connectivity index (χ1v) is 11.0. The van der Waals surface area contributed by atoms with E-state index >= 15 is 0 Å². The van der Waals surface area contributed by atoms with E-state index in [1.54, 1.807) is 20.5 Å². The smallest absolute Gasteiger partial charge is 0.293 e. The molecule has 0 radical (unpaired) electrons. The van der Waals surface area contributed by atoms with Gasteiger partial charge in [-0.05, 0) is 63.4 Å². The fourth-order valence-electron chi connectivity index (χ4n) is 3.43. The Bertz CT molecular complexity index is 1090. The first-order valence-electron chi connectivity index (χ1n) is 9.37. The number of aryl methyl sites for hydroxylation is 1. The average molecular weight is 537 g/mol. The molecule has 30 heavy (non-hydrogen) atoms. The van der Waals surface area contributed by atoms with Crippen molar-refractivity contribution in [2.45, 2.75) is 19.9 Å². The molecule has 3 aromatic rings. The number of carbonyl (C=O) groups is 2. The average Bonchev–Trinajstić information content (AvgIpc) is 3.34. The van der Waals surface area contributed by atoms with Crippen LogP contribution < -0.4 is 0 Å². The maximum atomic E-state index is 12.9. The molecule has 2 aromatic heterocycles. The zero-order valence-electron chi connectivity index (χ0n) is 16.4. The second kappa shape index (κ2) is 8.35. The van der Waals surface area contributed by atoms with Crippen molar-refractivity contribution in [1.29, 1.82) is 0 Å². The van der Waals surface area contributed by atoms with Crippen LogP contribution in [0, 0.1) is 6.92 Å². The van der Waals surface area contributed by atoms with Crippen LogP contribution in [0.15, 0.2) is 50.2 Å². The van der Waals surface area contributed by atoms with E-state index in [-0.39, 0.29) is 29.4 Å². The maximum absolute atomic E-state index is 12.9. The number of rotatable bonds is 3. The molecular weight excluding hydrogens is 518 g/mol. The molecule has 1 atom stereocenters. The Hall–Kier alpha value is -2.46. The van der Waals surface area contributed by atoms with E-state index in [9.17, 15) is 9.59 Å². The fraction of sp³-hybridized carbons (Fsp3) is 0.300. The highest BCUT2D eigenvalue weighted by Crippen LogP contribution is 2.28. The van der Waals surface area contributed by atoms with Crippen molar-refractivity contribution in [2.75, 3.05) is 19.6 Å². The number of carbonyl (C=O) groups excluding carboxylic acids is 2. The van der Waals surface area contributed by atoms with Gasteiger partial charge in [0.25, 0.3) is 11.8 Å². The summed E-state index contributed by atoms with van der Waals surface area (Å²) < 4.78 is 8.20. The number of amides is 2. The van der Waals surface area contributed by atoms with E-state index < -0.39 is 0 Å². The number of furan rings is 1. The molecule has 2 amide bonds. The van der Waals surface area contributed by atoms with Crippen LogP contribution in [0.3, 0.4) is 0 Å². The van der Waals surface area contributed by atoms with Crippen LogP contribution in [-0.4, -0.2) is 62.1 Å². The molecule has 1 aliphatic heterocycles. The molecule has 1 aliphatic rings. The normalized spacial score (nSPS) is 16.7. The third kappa shape index (κ3) is 4.06. The number of hydrogen-bond acceptors (Lipinski definition) is 5. The highest BCUT2D eigenvalue weighted by atomic mass is 79.9. The van der Waals surface area contributed by atoms with Crippen LogP contribution in [-0.2, 0) is 0 Å². The van der Waals surface area contributed by atoms with Crippen LogP contribution in [0.25, 0.3) is 5.69 Å². The van der Waals surface area contributed by atoms with Gasteiger partial charge < -0.3 is 14.2 Å². The van der Waals surface area contributed by atoms with Gasteiger partial charge in [0.1, 0.15) is 6.33 Å². The predicted molar refractivity (Wildman–Crippen MR) is 117 cm³/mol. The maximum Gasteiger partial charge on any atom is 0.293 e. The summed E-state index contributed by atoms with van der Waals surface area (Å²) in [6.07, 6.45) is 1.54. The molecule has 8 nitrogen and oxygen atoms in total. The molecule has 10 heteroatoms. The highest BCUT2D eigenvalue weighted by Gasteiger charge is 2.33. The van der Waals surface area contributed by atoms with Gasteiger partial charge in [-0.1, -0.05) is 12.1 Å². The van der Waals surface area contributed by atoms with Crippen LogP contribution in [0.2, 0.25) is 0 Å². The number of benzene rings is 1. The molecule has 3 heterocycles. The molecule has 0 aliphatic carbocycles. The number of nitrogens with zero attached hydrogens (tertiary/aromatic N) is 5. The Balaban J connectivity index is 1.44. The van der Waals surface area contributed by atoms with Crippen molar-refractivity contribution in [1.82, 2.24) is 24.6 Å². The molecule has 1 saturated heterocycles. The predicted octanol–water partition coefficient (Wildman–Crippen LogP) is 3.68. The largest absolute Gasteiger partial charge is 0.443 e. The number of hydrogen-bond donors (Lipinski definition) is 0. The Morgan fingerprint density at radius 2 is 1.97 bits per heavy atom. The molecule has 0 spiro atoms. The first kappa shape index (κ1) is 20.8. The van der Waals surface area contributed by atoms with E-state index in [1.165, 1.54) is 6.33 Å². The zero-order valence-corrected chi connectivity index (χ0v) is 19.6. The molecule has 1 fully saturated rings. The van der Waals surface area contributed by atoms with E-state index in [4.69, 9.17) is 4.42 Å². The SMILES string of the molecule is Cc1cccc(-n2cnc(C(=O)N3CCN(C(=O)c4cc(Br)c(Br)o4)[C@@H](C)C3)n2)c1. The summed E-state index contributed by atoms with van der Waals surface area (Å²) in [5, 5.41) is 4.34. The fourth-order valence-corrected chi connectivity index (χ4v) is 4.01. The summed E-state index contributed by atoms with van der Waals surface area (Å²) in [5.74, 6) is -0.0620. The zero-order chi connectivity index (χ0) is 21.4. The lowest BCUT2D eigenvalue weighted by Crippen LogP contribution is -2.55. The van der Waals surface area contributed by atoms with E-state index in [0.717, 1.165) is 11.3 Å². The highest BCUT2D eigenvalue weighted by molar-refractivity contribution is 9.13. The van der Waals surface area contributed by atoms with Crippen molar-refractivity contribution in [3.63, 3.8) is 0 Å². The summed E-state index contributed by atoms with van der Waals surface area (Å²) in [5.41, 5.74) is 1.95. The van der Waals surface area contributed by atoms with Gasteiger partial charge in [0.05, 0.1) is 10.2 Å². The van der Waals surface area contributed by atoms with Gasteiger partial charge in [-0.25, -0.2) is 9.67 Å². The molecule has 0 saturated carbocycles. The van der Waals surface area contributed by atoms with Crippen LogP contribution in [0.1, 0.15) is 33.7 Å². The lowest BCUT2D eigenvalue weighted by molar-refractivity contribution is 0.0389. The first-order chi connectivity index (χ1) is 14.3. The van der Waals surface area contributed by atoms with Gasteiger partial charge >= 0.3 is 0 Å². The van der Waals surface area contributed by atoms with Crippen molar-refractivity contribution in [3.8, 4) is 5.69 Å². The summed E-state index contributed by atoms with van der Waals surface area (Å²) in [4.78, 5) is 33.3. The van der Waals surface area contributed by atoms with Crippen molar-refractivity contribution < 1.29 is 14.0 Å². The number of halogens is 2. The Kier molecular flexibility index (Phi) is 5.79. The van der Waals surface area contributed by atoms with Gasteiger partial charge in [-0.3, -0.25) is 9.59 Å². The van der Waals surface area contributed by atoms with Gasteiger partial charge in [-0.15, -0.1) is 5.10 Å². The van der Waals surface area contributed by atoms with Gasteiger partial charge in [0.2, 0.25) is 5.82 Å². The number of piperazine rings is 1. The van der Waals surface area contributed by atoms with Gasteiger partial charge in [-0.2, -0.15) is 0 Å². The second-order valence-corrected chi connectivity index (χ2v) is 8.76. The third-order valence-electron chi connectivity index (χ3n) is 4.98. The number of aromatic nitrogens is 3. The van der Waals surface area contributed by atoms with Gasteiger partial charge in [0, 0.05) is 31.7 Å². The minimum absolute atomic E-state index is 0.141. The molecule has 0 N–H and O–H groups in total. The molecule has 1 aromatic carbocycles. The van der Waals surface area contributed by atoms with Crippen molar-refractivity contribution in [2.24, 2.45) is 0 Å². The summed E-state index contributed by atoms with van der Waals surface area (Å²) in [6, 6.07) is 9.28. The standard InChI is InChI=1S/C20H19Br2N5O3/c1-12-4-3-5-14(8-12)27-11-23-18(24-27)20(29)25-6-7-26(13(2)10-25)19(28)16-9-15(21)17(22)30-16/h3-5,8-9,11,13H,6-7,10H2,1-2H3/t13-/m0/s1. The molecule has 156 valence electrons. The van der Waals surface area contributed by atoms with E-state index in [1.807, 2.05) is 38.1 Å². The van der Waals surface area contributed by atoms with Crippen molar-refractivity contribution in [3.05, 3.63) is 62.9 Å². The molecule has 0 bridgehead atoms. The lowest BCUT2D eigenvalue weighted by atomic mass is 10.1. The van der Waals surface area contributed by atoms with Crippen LogP contribution >= 0.6 is 31.9 Å². The second-order valence-electron chi connectivity index (χ2n) is 7.18. The molecular formula is C20H19Br2N5O3. The Morgan fingerprint density at radius 3 is 2.63 bits per heavy atom. The monoisotopic (exact) mass is 535 g/mol. The minimum atomic E-state index is -0.246. The topological polar surface area (TPSA) is 84.5 Å². The van der Waals surface area contributed by atoms with Gasteiger partial charge in [0.15, 0.2) is 10.4 Å².